The Balaban J connectivity index is 1.48. The van der Waals surface area contributed by atoms with E-state index in [0.717, 1.165) is 23.2 Å². The molecule has 1 heterocycles. The monoisotopic (exact) mass is 415 g/mol. The predicted molar refractivity (Wildman–Crippen MR) is 122 cm³/mol. The number of anilines is 2. The molecule has 1 aliphatic rings. The molecule has 2 N–H and O–H groups in total. The number of nitrogens with one attached hydrogen (secondary N) is 2. The average molecular weight is 415 g/mol. The number of carbonyl (C=O) groups is 2. The van der Waals surface area contributed by atoms with Gasteiger partial charge in [-0.3, -0.25) is 4.79 Å². The third-order valence-corrected chi connectivity index (χ3v) is 5.41. The molecule has 3 amide bonds. The van der Waals surface area contributed by atoms with Gasteiger partial charge in [-0.1, -0.05) is 54.6 Å². The van der Waals surface area contributed by atoms with E-state index in [1.165, 1.54) is 0 Å². The molecule has 1 aliphatic heterocycles. The van der Waals surface area contributed by atoms with Gasteiger partial charge in [-0.15, -0.1) is 0 Å². The van der Waals surface area contributed by atoms with E-state index in [1.54, 1.807) is 24.1 Å². The Morgan fingerprint density at radius 1 is 0.935 bits per heavy atom. The lowest BCUT2D eigenvalue weighted by Gasteiger charge is -2.25. The summed E-state index contributed by atoms with van der Waals surface area (Å²) in [6.07, 6.45) is 1.41. The summed E-state index contributed by atoms with van der Waals surface area (Å²) < 4.78 is 5.21. The van der Waals surface area contributed by atoms with E-state index in [1.807, 2.05) is 66.7 Å². The third-order valence-electron chi connectivity index (χ3n) is 5.41. The number of hydrogen-bond donors (Lipinski definition) is 2. The number of nitrogens with zero attached hydrogens (tertiary/aromatic N) is 1. The number of para-hydroxylation sites is 1. The summed E-state index contributed by atoms with van der Waals surface area (Å²) in [5, 5.41) is 5.91. The van der Waals surface area contributed by atoms with Crippen LogP contribution < -0.4 is 15.4 Å². The molecule has 1 unspecified atom stereocenters. The predicted octanol–water partition coefficient (Wildman–Crippen LogP) is 5.00. The second-order valence-electron chi connectivity index (χ2n) is 7.41. The van der Waals surface area contributed by atoms with Crippen LogP contribution in [0.25, 0.3) is 11.1 Å². The fraction of sp³-hybridized carbons (Fsp3) is 0.200. The van der Waals surface area contributed by atoms with Crippen molar-refractivity contribution in [1.29, 1.82) is 0 Å². The Labute approximate surface area is 181 Å². The van der Waals surface area contributed by atoms with Crippen LogP contribution in [0, 0.1) is 0 Å². The molecule has 6 heteroatoms. The lowest BCUT2D eigenvalue weighted by Crippen LogP contribution is -2.45. The maximum Gasteiger partial charge on any atom is 0.322 e. The Morgan fingerprint density at radius 3 is 2.52 bits per heavy atom. The van der Waals surface area contributed by atoms with Gasteiger partial charge in [0.2, 0.25) is 5.91 Å². The van der Waals surface area contributed by atoms with Crippen molar-refractivity contribution >= 4 is 23.3 Å². The average Bonchev–Trinajstić information content (AvgIpc) is 3.31. The lowest BCUT2D eigenvalue weighted by molar-refractivity contribution is -0.119. The molecule has 1 fully saturated rings. The quantitative estimate of drug-likeness (QED) is 0.616. The summed E-state index contributed by atoms with van der Waals surface area (Å²) in [5.74, 6) is 0.479. The van der Waals surface area contributed by atoms with Gasteiger partial charge in [0.05, 0.1) is 7.11 Å². The highest BCUT2D eigenvalue weighted by Crippen LogP contribution is 2.29. The van der Waals surface area contributed by atoms with Crippen LogP contribution in [0.5, 0.6) is 5.75 Å². The molecule has 3 aromatic carbocycles. The first-order chi connectivity index (χ1) is 15.2. The first-order valence-corrected chi connectivity index (χ1v) is 10.3. The normalized spacial score (nSPS) is 15.4. The number of methoxy groups -OCH3 is 1. The van der Waals surface area contributed by atoms with Crippen molar-refractivity contribution in [2.24, 2.45) is 0 Å². The minimum atomic E-state index is -0.519. The largest absolute Gasteiger partial charge is 0.497 e. The number of rotatable bonds is 5. The zero-order valence-corrected chi connectivity index (χ0v) is 17.4. The summed E-state index contributed by atoms with van der Waals surface area (Å²) >= 11 is 0. The van der Waals surface area contributed by atoms with E-state index >= 15 is 0 Å². The molecule has 4 rings (SSSR count). The number of likely N-dealkylation sites (tertiary alicyclic amines) is 1. The van der Waals surface area contributed by atoms with Crippen molar-refractivity contribution in [3.63, 3.8) is 0 Å². The third kappa shape index (κ3) is 4.69. The van der Waals surface area contributed by atoms with E-state index in [4.69, 9.17) is 4.74 Å². The second-order valence-corrected chi connectivity index (χ2v) is 7.41. The van der Waals surface area contributed by atoms with Crippen LogP contribution in [0.2, 0.25) is 0 Å². The molecule has 3 aromatic rings. The Bertz CT molecular complexity index is 1070. The molecular formula is C25H25N3O3. The first kappa shape index (κ1) is 20.5. The zero-order valence-electron chi connectivity index (χ0n) is 17.4. The molecule has 158 valence electrons. The van der Waals surface area contributed by atoms with Crippen LogP contribution >= 0.6 is 0 Å². The molecule has 0 spiro atoms. The molecule has 0 radical (unpaired) electrons. The van der Waals surface area contributed by atoms with Crippen molar-refractivity contribution in [3.05, 3.63) is 78.9 Å². The summed E-state index contributed by atoms with van der Waals surface area (Å²) in [4.78, 5) is 27.6. The van der Waals surface area contributed by atoms with Crippen molar-refractivity contribution < 1.29 is 14.3 Å². The van der Waals surface area contributed by atoms with E-state index in [9.17, 15) is 9.59 Å². The second kappa shape index (κ2) is 9.34. The van der Waals surface area contributed by atoms with Gasteiger partial charge in [0.15, 0.2) is 0 Å². The standard InChI is InChI=1S/C25H25N3O3/c1-31-20-12-7-11-19(17-20)26-25(30)28-16-8-15-23(28)24(29)27-22-14-6-5-13-21(22)18-9-3-2-4-10-18/h2-7,9-14,17,23H,8,15-16H2,1H3,(H,26,30)(H,27,29). The van der Waals surface area contributed by atoms with Gasteiger partial charge in [0.1, 0.15) is 11.8 Å². The fourth-order valence-electron chi connectivity index (χ4n) is 3.86. The smallest absolute Gasteiger partial charge is 0.322 e. The van der Waals surface area contributed by atoms with Crippen molar-refractivity contribution in [3.8, 4) is 16.9 Å². The molecule has 31 heavy (non-hydrogen) atoms. The summed E-state index contributed by atoms with van der Waals surface area (Å²) in [6.45, 7) is 0.536. The molecule has 0 aromatic heterocycles. The molecule has 0 aliphatic carbocycles. The van der Waals surface area contributed by atoms with E-state index in [-0.39, 0.29) is 11.9 Å². The Kier molecular flexibility index (Phi) is 6.17. The van der Waals surface area contributed by atoms with Gasteiger partial charge >= 0.3 is 6.03 Å². The lowest BCUT2D eigenvalue weighted by atomic mass is 10.0. The van der Waals surface area contributed by atoms with Crippen molar-refractivity contribution in [2.75, 3.05) is 24.3 Å². The molecule has 0 bridgehead atoms. The van der Waals surface area contributed by atoms with Gasteiger partial charge < -0.3 is 20.3 Å². The number of amides is 3. The Hall–Kier alpha value is -3.80. The van der Waals surface area contributed by atoms with Crippen LogP contribution in [-0.2, 0) is 4.79 Å². The number of hydrogen-bond acceptors (Lipinski definition) is 3. The molecular weight excluding hydrogens is 390 g/mol. The van der Waals surface area contributed by atoms with E-state index in [2.05, 4.69) is 10.6 Å². The van der Waals surface area contributed by atoms with Gasteiger partial charge in [0.25, 0.3) is 0 Å². The number of carbonyl (C=O) groups excluding carboxylic acids is 2. The SMILES string of the molecule is COc1cccc(NC(=O)N2CCCC2C(=O)Nc2ccccc2-c2ccccc2)c1. The minimum Gasteiger partial charge on any atom is -0.497 e. The van der Waals surface area contributed by atoms with Gasteiger partial charge in [-0.2, -0.15) is 0 Å². The maximum atomic E-state index is 13.1. The van der Waals surface area contributed by atoms with E-state index < -0.39 is 6.04 Å². The number of benzene rings is 3. The molecule has 1 saturated heterocycles. The summed E-state index contributed by atoms with van der Waals surface area (Å²) in [7, 11) is 1.58. The Morgan fingerprint density at radius 2 is 1.71 bits per heavy atom. The van der Waals surface area contributed by atoms with Crippen LogP contribution in [0.15, 0.2) is 78.9 Å². The van der Waals surface area contributed by atoms with Crippen LogP contribution in [0.1, 0.15) is 12.8 Å². The molecule has 0 saturated carbocycles. The van der Waals surface area contributed by atoms with Crippen LogP contribution in [0.3, 0.4) is 0 Å². The highest BCUT2D eigenvalue weighted by molar-refractivity contribution is 6.01. The van der Waals surface area contributed by atoms with Gasteiger partial charge in [-0.25, -0.2) is 4.79 Å². The summed E-state index contributed by atoms with van der Waals surface area (Å²) in [5.41, 5.74) is 3.34. The van der Waals surface area contributed by atoms with Crippen LogP contribution in [-0.4, -0.2) is 36.5 Å². The first-order valence-electron chi connectivity index (χ1n) is 10.3. The zero-order chi connectivity index (χ0) is 21.6. The topological polar surface area (TPSA) is 70.7 Å². The van der Waals surface area contributed by atoms with Gasteiger partial charge in [-0.05, 0) is 36.6 Å². The molecule has 1 atom stereocenters. The molecule has 6 nitrogen and oxygen atoms in total. The van der Waals surface area contributed by atoms with E-state index in [0.29, 0.717) is 24.4 Å². The maximum absolute atomic E-state index is 13.1. The van der Waals surface area contributed by atoms with Crippen LogP contribution in [0.4, 0.5) is 16.2 Å². The number of ether oxygens (including phenoxy) is 1. The van der Waals surface area contributed by atoms with Crippen molar-refractivity contribution in [1.82, 2.24) is 4.90 Å². The summed E-state index contributed by atoms with van der Waals surface area (Å²) in [6, 6.07) is 24.0. The number of urea groups is 1. The highest BCUT2D eigenvalue weighted by atomic mass is 16.5. The van der Waals surface area contributed by atoms with Crippen molar-refractivity contribution in [2.45, 2.75) is 18.9 Å². The fourth-order valence-corrected chi connectivity index (χ4v) is 3.86. The minimum absolute atomic E-state index is 0.179. The highest BCUT2D eigenvalue weighted by Gasteiger charge is 2.34. The van der Waals surface area contributed by atoms with Gasteiger partial charge in [0, 0.05) is 29.5 Å².